The Kier molecular flexibility index (Phi) is 15.4. The summed E-state index contributed by atoms with van der Waals surface area (Å²) in [7, 11) is 0. The van der Waals surface area contributed by atoms with E-state index in [-0.39, 0.29) is 18.9 Å². The molecule has 0 fully saturated rings. The van der Waals surface area contributed by atoms with E-state index in [4.69, 9.17) is 18.9 Å². The van der Waals surface area contributed by atoms with Crippen LogP contribution in [0.1, 0.15) is 77.2 Å². The SMILES string of the molecule is CCOC(=O)C(CCCCCCCCCCOc1ccc(-c2ccc(OCc3ccc([N+](=O)[O-])cc3)cc2)cc1)C(=O)OCC. The molecule has 0 unspecified atom stereocenters. The minimum absolute atomic E-state index is 0.0639. The molecule has 242 valence electrons. The first-order valence-electron chi connectivity index (χ1n) is 15.9. The number of non-ortho nitro benzene ring substituents is 1. The van der Waals surface area contributed by atoms with E-state index in [2.05, 4.69) is 0 Å². The van der Waals surface area contributed by atoms with E-state index in [9.17, 15) is 19.7 Å². The molecule has 9 nitrogen and oxygen atoms in total. The van der Waals surface area contributed by atoms with E-state index in [0.717, 1.165) is 79.6 Å². The molecular formula is C36H45NO8. The maximum absolute atomic E-state index is 12.0. The largest absolute Gasteiger partial charge is 0.494 e. The molecule has 0 radical (unpaired) electrons. The lowest BCUT2D eigenvalue weighted by Crippen LogP contribution is -2.28. The standard InChI is InChI=1S/C36H45NO8/c1-3-42-35(38)34(36(39)43-4-2)13-11-9-7-5-6-8-10-12-26-44-32-22-16-29(17-23-32)30-18-24-33(25-19-30)45-27-28-14-20-31(21-15-28)37(40)41/h14-25,34H,3-13,26-27H2,1-2H3. The zero-order valence-electron chi connectivity index (χ0n) is 26.4. The van der Waals surface area contributed by atoms with Gasteiger partial charge in [-0.3, -0.25) is 19.7 Å². The highest BCUT2D eigenvalue weighted by atomic mass is 16.6. The van der Waals surface area contributed by atoms with Gasteiger partial charge in [-0.2, -0.15) is 0 Å². The Balaban J connectivity index is 1.25. The first kappa shape index (κ1) is 35.1. The minimum Gasteiger partial charge on any atom is -0.494 e. The molecule has 45 heavy (non-hydrogen) atoms. The Morgan fingerprint density at radius 2 is 1.11 bits per heavy atom. The zero-order chi connectivity index (χ0) is 32.3. The average Bonchev–Trinajstić information content (AvgIpc) is 3.05. The van der Waals surface area contributed by atoms with Gasteiger partial charge < -0.3 is 18.9 Å². The number of carbonyl (C=O) groups excluding carboxylic acids is 2. The molecule has 0 aliphatic heterocycles. The lowest BCUT2D eigenvalue weighted by atomic mass is 10.00. The third kappa shape index (κ3) is 12.6. The van der Waals surface area contributed by atoms with E-state index >= 15 is 0 Å². The van der Waals surface area contributed by atoms with Gasteiger partial charge in [-0.1, -0.05) is 69.2 Å². The van der Waals surface area contributed by atoms with Crippen LogP contribution >= 0.6 is 0 Å². The predicted molar refractivity (Wildman–Crippen MR) is 173 cm³/mol. The van der Waals surface area contributed by atoms with Crippen LogP contribution in [0.5, 0.6) is 11.5 Å². The summed E-state index contributed by atoms with van der Waals surface area (Å²) in [6.07, 6.45) is 8.92. The molecule has 0 N–H and O–H groups in total. The fourth-order valence-electron chi connectivity index (χ4n) is 4.89. The number of nitro benzene ring substituents is 1. The molecular weight excluding hydrogens is 574 g/mol. The number of esters is 2. The maximum atomic E-state index is 12.0. The Labute approximate surface area is 266 Å². The second-order valence-electron chi connectivity index (χ2n) is 10.8. The van der Waals surface area contributed by atoms with Crippen LogP contribution in [0.25, 0.3) is 11.1 Å². The number of nitro groups is 1. The molecule has 0 saturated carbocycles. The molecule has 0 aromatic heterocycles. The molecule has 9 heteroatoms. The summed E-state index contributed by atoms with van der Waals surface area (Å²) < 4.78 is 21.8. The summed E-state index contributed by atoms with van der Waals surface area (Å²) in [5.41, 5.74) is 3.08. The van der Waals surface area contributed by atoms with Crippen LogP contribution in [0.2, 0.25) is 0 Å². The molecule has 0 atom stereocenters. The van der Waals surface area contributed by atoms with Crippen LogP contribution in [0.4, 0.5) is 5.69 Å². The smallest absolute Gasteiger partial charge is 0.320 e. The third-order valence-electron chi connectivity index (χ3n) is 7.39. The maximum Gasteiger partial charge on any atom is 0.320 e. The molecule has 0 aliphatic rings. The lowest BCUT2D eigenvalue weighted by molar-refractivity contribution is -0.384. The van der Waals surface area contributed by atoms with Gasteiger partial charge in [-0.05, 0) is 79.8 Å². The summed E-state index contributed by atoms with van der Waals surface area (Å²) >= 11 is 0. The van der Waals surface area contributed by atoms with E-state index in [1.807, 2.05) is 48.5 Å². The minimum atomic E-state index is -0.808. The Hall–Kier alpha value is -4.40. The Morgan fingerprint density at radius 3 is 1.60 bits per heavy atom. The van der Waals surface area contributed by atoms with E-state index in [1.165, 1.54) is 12.1 Å². The fraction of sp³-hybridized carbons (Fsp3) is 0.444. The van der Waals surface area contributed by atoms with Crippen LogP contribution < -0.4 is 9.47 Å². The van der Waals surface area contributed by atoms with E-state index < -0.39 is 22.8 Å². The van der Waals surface area contributed by atoms with Gasteiger partial charge in [0.2, 0.25) is 0 Å². The van der Waals surface area contributed by atoms with Crippen molar-refractivity contribution in [3.8, 4) is 22.6 Å². The van der Waals surface area contributed by atoms with Gasteiger partial charge in [0, 0.05) is 12.1 Å². The van der Waals surface area contributed by atoms with Gasteiger partial charge in [-0.25, -0.2) is 0 Å². The van der Waals surface area contributed by atoms with Crippen molar-refractivity contribution >= 4 is 17.6 Å². The number of nitrogens with zero attached hydrogens (tertiary/aromatic N) is 1. The van der Waals surface area contributed by atoms with Gasteiger partial charge in [0.1, 0.15) is 18.1 Å². The van der Waals surface area contributed by atoms with Gasteiger partial charge in [0.15, 0.2) is 5.92 Å². The van der Waals surface area contributed by atoms with Crippen molar-refractivity contribution in [3.63, 3.8) is 0 Å². The predicted octanol–water partition coefficient (Wildman–Crippen LogP) is 8.47. The number of carbonyl (C=O) groups is 2. The highest BCUT2D eigenvalue weighted by Gasteiger charge is 2.28. The number of unbranched alkanes of at least 4 members (excludes halogenated alkanes) is 7. The van der Waals surface area contributed by atoms with E-state index in [0.29, 0.717) is 19.6 Å². The number of hydrogen-bond donors (Lipinski definition) is 0. The van der Waals surface area contributed by atoms with Crippen molar-refractivity contribution in [2.45, 2.75) is 78.2 Å². The third-order valence-corrected chi connectivity index (χ3v) is 7.39. The summed E-state index contributed by atoms with van der Waals surface area (Å²) in [6.45, 7) is 5.01. The second-order valence-corrected chi connectivity index (χ2v) is 10.8. The summed E-state index contributed by atoms with van der Waals surface area (Å²) in [6, 6.07) is 22.3. The van der Waals surface area contributed by atoms with Gasteiger partial charge >= 0.3 is 11.9 Å². The molecule has 0 saturated heterocycles. The first-order chi connectivity index (χ1) is 21.9. The molecule has 3 aromatic rings. The van der Waals surface area contributed by atoms with Crippen molar-refractivity contribution < 1.29 is 33.5 Å². The van der Waals surface area contributed by atoms with Crippen LogP contribution in [-0.2, 0) is 25.7 Å². The first-order valence-corrected chi connectivity index (χ1v) is 15.9. The van der Waals surface area contributed by atoms with Gasteiger partial charge in [0.05, 0.1) is 24.7 Å². The lowest BCUT2D eigenvalue weighted by Gasteiger charge is -2.14. The average molecular weight is 620 g/mol. The summed E-state index contributed by atoms with van der Waals surface area (Å²) in [5.74, 6) is -0.188. The molecule has 3 aromatic carbocycles. The van der Waals surface area contributed by atoms with Crippen molar-refractivity contribution in [2.75, 3.05) is 19.8 Å². The highest BCUT2D eigenvalue weighted by Crippen LogP contribution is 2.25. The quantitative estimate of drug-likeness (QED) is 0.0383. The Bertz CT molecular complexity index is 1290. The fourth-order valence-corrected chi connectivity index (χ4v) is 4.89. The second kappa shape index (κ2) is 19.8. The van der Waals surface area contributed by atoms with Gasteiger partial charge in [0.25, 0.3) is 5.69 Å². The highest BCUT2D eigenvalue weighted by molar-refractivity contribution is 5.94. The summed E-state index contributed by atoms with van der Waals surface area (Å²) in [5, 5.41) is 10.8. The number of benzene rings is 3. The van der Waals surface area contributed by atoms with Crippen molar-refractivity contribution in [1.82, 2.24) is 0 Å². The topological polar surface area (TPSA) is 114 Å². The van der Waals surface area contributed by atoms with Crippen LogP contribution in [0.3, 0.4) is 0 Å². The summed E-state index contributed by atoms with van der Waals surface area (Å²) in [4.78, 5) is 34.5. The van der Waals surface area contributed by atoms with Crippen molar-refractivity contribution in [3.05, 3.63) is 88.5 Å². The zero-order valence-corrected chi connectivity index (χ0v) is 26.4. The molecule has 0 bridgehead atoms. The van der Waals surface area contributed by atoms with Crippen LogP contribution in [0, 0.1) is 16.0 Å². The van der Waals surface area contributed by atoms with Crippen molar-refractivity contribution in [2.24, 2.45) is 5.92 Å². The van der Waals surface area contributed by atoms with Crippen LogP contribution in [-0.4, -0.2) is 36.7 Å². The monoisotopic (exact) mass is 619 g/mol. The molecule has 0 spiro atoms. The number of rotatable bonds is 21. The molecule has 0 amide bonds. The van der Waals surface area contributed by atoms with Crippen molar-refractivity contribution in [1.29, 1.82) is 0 Å². The normalized spacial score (nSPS) is 10.8. The molecule has 0 aliphatic carbocycles. The number of hydrogen-bond acceptors (Lipinski definition) is 8. The Morgan fingerprint density at radius 1 is 0.644 bits per heavy atom. The number of ether oxygens (including phenoxy) is 4. The molecule has 0 heterocycles. The van der Waals surface area contributed by atoms with Crippen LogP contribution in [0.15, 0.2) is 72.8 Å². The van der Waals surface area contributed by atoms with E-state index in [1.54, 1.807) is 26.0 Å². The van der Waals surface area contributed by atoms with Gasteiger partial charge in [-0.15, -0.1) is 0 Å². The molecule has 3 rings (SSSR count).